The van der Waals surface area contributed by atoms with Gasteiger partial charge in [0.25, 0.3) is 0 Å². The third-order valence-corrected chi connectivity index (χ3v) is 8.76. The van der Waals surface area contributed by atoms with Crippen LogP contribution in [0.2, 0.25) is 0 Å². The molecule has 0 spiro atoms. The monoisotopic (exact) mass is 563 g/mol. The van der Waals surface area contributed by atoms with E-state index in [1.165, 1.54) is 17.5 Å². The lowest BCUT2D eigenvalue weighted by molar-refractivity contribution is -0.126. The Hall–Kier alpha value is -3.75. The van der Waals surface area contributed by atoms with Crippen molar-refractivity contribution >= 4 is 44.0 Å². The van der Waals surface area contributed by atoms with E-state index < -0.39 is 12.6 Å². The molecule has 0 amide bonds. The number of benzene rings is 1. The second-order valence-electron chi connectivity index (χ2n) is 10.4. The van der Waals surface area contributed by atoms with Gasteiger partial charge in [0.05, 0.1) is 18.4 Å². The van der Waals surface area contributed by atoms with Gasteiger partial charge >= 0.3 is 6.18 Å². The summed E-state index contributed by atoms with van der Waals surface area (Å²) in [6.45, 7) is 5.35. The minimum Gasteiger partial charge on any atom is -0.367 e. The lowest BCUT2D eigenvalue weighted by Gasteiger charge is -2.33. The second-order valence-corrected chi connectivity index (χ2v) is 11.5. The molecule has 2 aliphatic heterocycles. The number of halogens is 3. The minimum atomic E-state index is -4.25. The first kappa shape index (κ1) is 26.5. The van der Waals surface area contributed by atoms with Crippen molar-refractivity contribution in [1.29, 1.82) is 5.26 Å². The normalized spacial score (nSPS) is 16.6. The molecule has 0 unspecified atom stereocenters. The molecule has 5 heterocycles. The number of likely N-dealkylation sites (tertiary alicyclic amines) is 1. The Kier molecular flexibility index (Phi) is 7.06. The van der Waals surface area contributed by atoms with Crippen molar-refractivity contribution in [3.63, 3.8) is 0 Å². The number of piperidine rings is 1. The first-order valence-electron chi connectivity index (χ1n) is 13.3. The molecule has 0 atom stereocenters. The van der Waals surface area contributed by atoms with Crippen molar-refractivity contribution in [2.75, 3.05) is 18.4 Å². The quantitative estimate of drug-likeness (QED) is 0.283. The summed E-state index contributed by atoms with van der Waals surface area (Å²) in [5.41, 5.74) is 5.18. The van der Waals surface area contributed by atoms with Crippen LogP contribution in [0.1, 0.15) is 41.0 Å². The number of nitrogens with zero attached hydrogens (tertiary/aromatic N) is 6. The number of thiophene rings is 1. The van der Waals surface area contributed by atoms with E-state index in [2.05, 4.69) is 54.9 Å². The molecule has 206 valence electrons. The topological polar surface area (TPSA) is 82.1 Å². The molecule has 1 saturated heterocycles. The fourth-order valence-corrected chi connectivity index (χ4v) is 6.64. The maximum absolute atomic E-state index is 12.9. The largest absolute Gasteiger partial charge is 0.393 e. The number of anilines is 1. The van der Waals surface area contributed by atoms with Gasteiger partial charge in [0.2, 0.25) is 0 Å². The number of nitriles is 1. The van der Waals surface area contributed by atoms with Crippen LogP contribution in [0.15, 0.2) is 47.9 Å². The number of allylic oxidation sites excluding steroid dienone is 1. The highest BCUT2D eigenvalue weighted by atomic mass is 32.1. The summed E-state index contributed by atoms with van der Waals surface area (Å²) in [4.78, 5) is 16.2. The van der Waals surface area contributed by atoms with Crippen LogP contribution in [0, 0.1) is 18.3 Å². The lowest BCUT2D eigenvalue weighted by Crippen LogP contribution is -2.39. The van der Waals surface area contributed by atoms with Crippen LogP contribution < -0.4 is 5.32 Å². The average molecular weight is 564 g/mol. The highest BCUT2D eigenvalue weighted by Crippen LogP contribution is 2.33. The molecule has 1 fully saturated rings. The lowest BCUT2D eigenvalue weighted by atomic mass is 10.0. The van der Waals surface area contributed by atoms with Crippen LogP contribution in [0.5, 0.6) is 0 Å². The van der Waals surface area contributed by atoms with Crippen molar-refractivity contribution in [1.82, 2.24) is 19.4 Å². The summed E-state index contributed by atoms with van der Waals surface area (Å²) in [7, 11) is 0. The molecule has 40 heavy (non-hydrogen) atoms. The zero-order chi connectivity index (χ0) is 27.9. The number of alkyl halides is 3. The maximum atomic E-state index is 12.9. The smallest absolute Gasteiger partial charge is 0.367 e. The Morgan fingerprint density at radius 1 is 1.12 bits per heavy atom. The molecule has 0 bridgehead atoms. The molecule has 0 saturated carbocycles. The summed E-state index contributed by atoms with van der Waals surface area (Å²) < 4.78 is 40.7. The molecule has 1 aromatic carbocycles. The van der Waals surface area contributed by atoms with Crippen molar-refractivity contribution < 1.29 is 13.2 Å². The van der Waals surface area contributed by atoms with E-state index in [1.807, 2.05) is 18.3 Å². The van der Waals surface area contributed by atoms with Crippen LogP contribution in [0.25, 0.3) is 21.1 Å². The molecular weight excluding hydrogens is 535 g/mol. The zero-order valence-electron chi connectivity index (χ0n) is 22.0. The summed E-state index contributed by atoms with van der Waals surface area (Å²) in [5.74, 6) is 0.603. The molecule has 11 heteroatoms. The molecule has 4 aromatic rings. The van der Waals surface area contributed by atoms with Crippen LogP contribution in [-0.2, 0) is 19.5 Å². The Balaban J connectivity index is 1.11. The Bertz CT molecular complexity index is 1670. The summed E-state index contributed by atoms with van der Waals surface area (Å²) in [6.07, 6.45) is 2.68. The number of fused-ring (bicyclic) bond motifs is 2. The molecule has 6 rings (SSSR count). The third kappa shape index (κ3) is 5.46. The number of hydrogen-bond acceptors (Lipinski definition) is 7. The van der Waals surface area contributed by atoms with E-state index >= 15 is 0 Å². The van der Waals surface area contributed by atoms with Gasteiger partial charge in [0, 0.05) is 59.8 Å². The van der Waals surface area contributed by atoms with Gasteiger partial charge in [-0.1, -0.05) is 12.1 Å². The van der Waals surface area contributed by atoms with Gasteiger partial charge in [-0.3, -0.25) is 9.89 Å². The summed E-state index contributed by atoms with van der Waals surface area (Å²) in [5, 5.41) is 15.0. The van der Waals surface area contributed by atoms with Crippen LogP contribution in [0.4, 0.5) is 19.0 Å². The molecule has 3 aromatic heterocycles. The van der Waals surface area contributed by atoms with Gasteiger partial charge in [-0.25, -0.2) is 9.97 Å². The predicted octanol–water partition coefficient (Wildman–Crippen LogP) is 6.37. The zero-order valence-corrected chi connectivity index (χ0v) is 22.8. The highest BCUT2D eigenvalue weighted by molar-refractivity contribution is 7.18. The van der Waals surface area contributed by atoms with Gasteiger partial charge in [0.15, 0.2) is 0 Å². The van der Waals surface area contributed by atoms with E-state index in [1.54, 1.807) is 6.07 Å². The Labute approximate surface area is 233 Å². The molecule has 1 N–H and O–H groups in total. The van der Waals surface area contributed by atoms with Gasteiger partial charge in [-0.2, -0.15) is 18.4 Å². The van der Waals surface area contributed by atoms with Crippen molar-refractivity contribution in [3.05, 3.63) is 64.6 Å². The number of aromatic nitrogens is 3. The van der Waals surface area contributed by atoms with Crippen LogP contribution in [0.3, 0.4) is 0 Å². The SMILES string of the molecule is Cc1c(CN2CCC(Nc3ncnc4sc(CC(F)(F)F)cc34)CC2)ccc2c1cc(C#N)n2CC1=NC=CC1. The molecule has 7 nitrogen and oxygen atoms in total. The van der Waals surface area contributed by atoms with Crippen molar-refractivity contribution in [3.8, 4) is 6.07 Å². The molecular formula is C29H28F3N7S. The van der Waals surface area contributed by atoms with Gasteiger partial charge in [0.1, 0.15) is 28.7 Å². The number of aryl methyl sites for hydroxylation is 1. The number of hydrogen-bond donors (Lipinski definition) is 1. The fourth-order valence-electron chi connectivity index (χ4n) is 5.62. The average Bonchev–Trinajstić information content (AvgIpc) is 3.66. The second kappa shape index (κ2) is 10.7. The number of nitrogens with one attached hydrogen (secondary N) is 1. The van der Waals surface area contributed by atoms with Crippen molar-refractivity contribution in [2.45, 2.75) is 57.9 Å². The van der Waals surface area contributed by atoms with E-state index in [0.29, 0.717) is 28.3 Å². The maximum Gasteiger partial charge on any atom is 0.393 e. The van der Waals surface area contributed by atoms with E-state index in [0.717, 1.165) is 66.8 Å². The van der Waals surface area contributed by atoms with Crippen molar-refractivity contribution in [2.24, 2.45) is 4.99 Å². The predicted molar refractivity (Wildman–Crippen MR) is 152 cm³/mol. The molecule has 0 aliphatic carbocycles. The number of aliphatic imine (C=N–C) groups is 1. The Morgan fingerprint density at radius 2 is 1.95 bits per heavy atom. The standard InChI is InChI=1S/C29H28F3N7S/c1-18-19(4-5-26-24(18)11-22(14-33)39(26)16-21-3-2-8-34-21)15-38-9-6-20(7-10-38)37-27-25-12-23(13-29(30,31)32)40-28(25)36-17-35-27/h2,4-5,8,11-12,17,20H,3,6-7,9-10,13,15-16H2,1H3,(H,35,36,37). The van der Waals surface area contributed by atoms with Crippen LogP contribution >= 0.6 is 11.3 Å². The van der Waals surface area contributed by atoms with Gasteiger partial charge in [-0.15, -0.1) is 11.3 Å². The number of rotatable bonds is 7. The summed E-state index contributed by atoms with van der Waals surface area (Å²) in [6, 6.07) is 10.4. The minimum absolute atomic E-state index is 0.184. The van der Waals surface area contributed by atoms with E-state index in [4.69, 9.17) is 0 Å². The van der Waals surface area contributed by atoms with E-state index in [-0.39, 0.29) is 10.9 Å². The first-order chi connectivity index (χ1) is 19.3. The van der Waals surface area contributed by atoms with Gasteiger partial charge < -0.3 is 9.88 Å². The summed E-state index contributed by atoms with van der Waals surface area (Å²) >= 11 is 1.07. The third-order valence-electron chi connectivity index (χ3n) is 7.72. The molecule has 0 radical (unpaired) electrons. The van der Waals surface area contributed by atoms with E-state index in [9.17, 15) is 18.4 Å². The van der Waals surface area contributed by atoms with Crippen LogP contribution in [-0.4, -0.2) is 50.5 Å². The molecule has 2 aliphatic rings. The Morgan fingerprint density at radius 3 is 2.67 bits per heavy atom. The highest BCUT2D eigenvalue weighted by Gasteiger charge is 2.29. The first-order valence-corrected chi connectivity index (χ1v) is 14.1. The van der Waals surface area contributed by atoms with Gasteiger partial charge in [-0.05, 0) is 49.1 Å². The fraction of sp³-hybridized carbons (Fsp3) is 0.379.